The minimum absolute atomic E-state index is 0.327. The summed E-state index contributed by atoms with van der Waals surface area (Å²) in [5.74, 6) is 0.747. The van der Waals surface area contributed by atoms with Crippen LogP contribution >= 0.6 is 0 Å². The monoisotopic (exact) mass is 276 g/mol. The van der Waals surface area contributed by atoms with E-state index in [1.165, 1.54) is 12.2 Å². The molecule has 1 heterocycles. The van der Waals surface area contributed by atoms with Crippen LogP contribution in [0.25, 0.3) is 0 Å². The first-order chi connectivity index (χ1) is 9.60. The van der Waals surface area contributed by atoms with E-state index in [4.69, 9.17) is 0 Å². The van der Waals surface area contributed by atoms with Gasteiger partial charge in [-0.1, -0.05) is 32.9 Å². The Morgan fingerprint density at radius 1 is 1.05 bits per heavy atom. The summed E-state index contributed by atoms with van der Waals surface area (Å²) in [6, 6.07) is 8.41. The van der Waals surface area contributed by atoms with Gasteiger partial charge in [-0.05, 0) is 30.0 Å². The van der Waals surface area contributed by atoms with Crippen molar-refractivity contribution in [3.05, 3.63) is 29.8 Å². The lowest BCUT2D eigenvalue weighted by molar-refractivity contribution is 0.173. The topological polar surface area (TPSA) is 26.7 Å². The van der Waals surface area contributed by atoms with Gasteiger partial charge in [0.25, 0.3) is 0 Å². The second-order valence-corrected chi connectivity index (χ2v) is 6.20. The summed E-state index contributed by atoms with van der Waals surface area (Å²) in [6.07, 6.45) is 0.444. The molecule has 1 aromatic carbocycles. The second kappa shape index (κ2) is 7.09. The largest absolute Gasteiger partial charge is 0.388 e. The third-order valence-corrected chi connectivity index (χ3v) is 4.03. The van der Waals surface area contributed by atoms with E-state index < -0.39 is 0 Å². The van der Waals surface area contributed by atoms with Gasteiger partial charge in [0.2, 0.25) is 0 Å². The number of nitrogens with zero attached hydrogens (tertiary/aromatic N) is 2. The van der Waals surface area contributed by atoms with Crippen LogP contribution in [0.15, 0.2) is 24.3 Å². The van der Waals surface area contributed by atoms with E-state index in [2.05, 4.69) is 47.9 Å². The molecule has 0 aromatic heterocycles. The summed E-state index contributed by atoms with van der Waals surface area (Å²) in [5.41, 5.74) is 2.30. The van der Waals surface area contributed by atoms with Crippen molar-refractivity contribution < 1.29 is 5.11 Å². The van der Waals surface area contributed by atoms with Gasteiger partial charge in [0, 0.05) is 38.4 Å². The van der Waals surface area contributed by atoms with Gasteiger partial charge in [-0.2, -0.15) is 0 Å². The van der Waals surface area contributed by atoms with Crippen LogP contribution in [0.3, 0.4) is 0 Å². The molecule has 0 spiro atoms. The second-order valence-electron chi connectivity index (χ2n) is 6.20. The number of anilines is 1. The van der Waals surface area contributed by atoms with E-state index in [1.54, 1.807) is 0 Å². The first-order valence-electron chi connectivity index (χ1n) is 7.85. The highest BCUT2D eigenvalue weighted by molar-refractivity contribution is 5.48. The number of piperazine rings is 1. The lowest BCUT2D eigenvalue weighted by atomic mass is 10.1. The van der Waals surface area contributed by atoms with Crippen molar-refractivity contribution in [3.63, 3.8) is 0 Å². The van der Waals surface area contributed by atoms with E-state index in [1.807, 2.05) is 6.92 Å². The summed E-state index contributed by atoms with van der Waals surface area (Å²) in [4.78, 5) is 5.00. The quantitative estimate of drug-likeness (QED) is 0.896. The van der Waals surface area contributed by atoms with E-state index in [0.29, 0.717) is 0 Å². The van der Waals surface area contributed by atoms with Crippen LogP contribution in [-0.4, -0.2) is 42.7 Å². The zero-order chi connectivity index (χ0) is 14.5. The molecule has 1 aliphatic rings. The maximum atomic E-state index is 9.83. The summed E-state index contributed by atoms with van der Waals surface area (Å²) in [5, 5.41) is 9.83. The fourth-order valence-electron chi connectivity index (χ4n) is 2.85. The van der Waals surface area contributed by atoms with Crippen molar-refractivity contribution in [2.45, 2.75) is 33.3 Å². The molecule has 112 valence electrons. The SMILES string of the molecule is CC[C@H](O)c1ccc(N2CCN(CC(C)C)CC2)cc1. The van der Waals surface area contributed by atoms with Crippen LogP contribution in [0, 0.1) is 5.92 Å². The summed E-state index contributed by atoms with van der Waals surface area (Å²) >= 11 is 0. The van der Waals surface area contributed by atoms with Crippen LogP contribution in [0.1, 0.15) is 38.9 Å². The van der Waals surface area contributed by atoms with E-state index >= 15 is 0 Å². The molecule has 1 atom stereocenters. The van der Waals surface area contributed by atoms with Crippen molar-refractivity contribution in [3.8, 4) is 0 Å². The molecule has 1 fully saturated rings. The molecule has 1 N–H and O–H groups in total. The predicted molar refractivity (Wildman–Crippen MR) is 85.2 cm³/mol. The molecule has 1 aromatic rings. The van der Waals surface area contributed by atoms with Gasteiger partial charge in [0.15, 0.2) is 0 Å². The van der Waals surface area contributed by atoms with Gasteiger partial charge in [-0.3, -0.25) is 4.90 Å². The number of rotatable bonds is 5. The lowest BCUT2D eigenvalue weighted by Crippen LogP contribution is -2.47. The van der Waals surface area contributed by atoms with Gasteiger partial charge < -0.3 is 10.0 Å². The van der Waals surface area contributed by atoms with E-state index in [0.717, 1.165) is 44.1 Å². The van der Waals surface area contributed by atoms with E-state index in [-0.39, 0.29) is 6.10 Å². The smallest absolute Gasteiger partial charge is 0.0787 e. The summed E-state index contributed by atoms with van der Waals surface area (Å²) in [7, 11) is 0. The summed E-state index contributed by atoms with van der Waals surface area (Å²) < 4.78 is 0. The fourth-order valence-corrected chi connectivity index (χ4v) is 2.85. The van der Waals surface area contributed by atoms with Crippen LogP contribution in [0.4, 0.5) is 5.69 Å². The molecule has 20 heavy (non-hydrogen) atoms. The van der Waals surface area contributed by atoms with Gasteiger partial charge in [-0.25, -0.2) is 0 Å². The Hall–Kier alpha value is -1.06. The van der Waals surface area contributed by atoms with Gasteiger partial charge in [0.1, 0.15) is 0 Å². The molecule has 0 radical (unpaired) electrons. The van der Waals surface area contributed by atoms with Crippen LogP contribution in [-0.2, 0) is 0 Å². The molecule has 0 unspecified atom stereocenters. The third-order valence-electron chi connectivity index (χ3n) is 4.03. The van der Waals surface area contributed by atoms with Crippen LogP contribution in [0.2, 0.25) is 0 Å². The lowest BCUT2D eigenvalue weighted by Gasteiger charge is -2.37. The van der Waals surface area contributed by atoms with Gasteiger partial charge >= 0.3 is 0 Å². The Morgan fingerprint density at radius 2 is 1.65 bits per heavy atom. The molecule has 3 nitrogen and oxygen atoms in total. The number of hydrogen-bond donors (Lipinski definition) is 1. The minimum Gasteiger partial charge on any atom is -0.388 e. The van der Waals surface area contributed by atoms with Gasteiger partial charge in [-0.15, -0.1) is 0 Å². The zero-order valence-corrected chi connectivity index (χ0v) is 13.0. The molecule has 0 saturated carbocycles. The minimum atomic E-state index is -0.327. The zero-order valence-electron chi connectivity index (χ0n) is 13.0. The number of hydrogen-bond acceptors (Lipinski definition) is 3. The molecule has 1 aliphatic heterocycles. The Morgan fingerprint density at radius 3 is 2.15 bits per heavy atom. The predicted octanol–water partition coefficient (Wildman–Crippen LogP) is 2.91. The van der Waals surface area contributed by atoms with Gasteiger partial charge in [0.05, 0.1) is 6.10 Å². The molecule has 0 amide bonds. The molecule has 0 aliphatic carbocycles. The van der Waals surface area contributed by atoms with Crippen LogP contribution < -0.4 is 4.90 Å². The van der Waals surface area contributed by atoms with Crippen molar-refractivity contribution in [1.29, 1.82) is 0 Å². The van der Waals surface area contributed by atoms with Crippen molar-refractivity contribution in [1.82, 2.24) is 4.90 Å². The summed E-state index contributed by atoms with van der Waals surface area (Å²) in [6.45, 7) is 12.3. The Labute approximate surface area is 123 Å². The number of aliphatic hydroxyl groups excluding tert-OH is 1. The maximum absolute atomic E-state index is 9.83. The Balaban J connectivity index is 1.90. The first-order valence-corrected chi connectivity index (χ1v) is 7.85. The maximum Gasteiger partial charge on any atom is 0.0787 e. The fraction of sp³-hybridized carbons (Fsp3) is 0.647. The molecule has 2 rings (SSSR count). The Bertz CT molecular complexity index is 394. The standard InChI is InChI=1S/C17H28N2O/c1-4-17(20)15-5-7-16(8-6-15)19-11-9-18(10-12-19)13-14(2)3/h5-8,14,17,20H,4,9-13H2,1-3H3/t17-/m0/s1. The number of aliphatic hydroxyl groups is 1. The van der Waals surface area contributed by atoms with Crippen LogP contribution in [0.5, 0.6) is 0 Å². The molecular weight excluding hydrogens is 248 g/mol. The number of benzene rings is 1. The molecule has 1 saturated heterocycles. The molecular formula is C17H28N2O. The molecule has 3 heteroatoms. The van der Waals surface area contributed by atoms with Crippen molar-refractivity contribution in [2.75, 3.05) is 37.6 Å². The normalized spacial score (nSPS) is 18.6. The first kappa shape index (κ1) is 15.3. The highest BCUT2D eigenvalue weighted by Crippen LogP contribution is 2.22. The highest BCUT2D eigenvalue weighted by Gasteiger charge is 2.17. The molecule has 0 bridgehead atoms. The highest BCUT2D eigenvalue weighted by atomic mass is 16.3. The average molecular weight is 276 g/mol. The Kier molecular flexibility index (Phi) is 5.44. The average Bonchev–Trinajstić information content (AvgIpc) is 2.47. The van der Waals surface area contributed by atoms with Crippen molar-refractivity contribution >= 4 is 5.69 Å². The van der Waals surface area contributed by atoms with E-state index in [9.17, 15) is 5.11 Å². The van der Waals surface area contributed by atoms with Crippen molar-refractivity contribution in [2.24, 2.45) is 5.92 Å². The third kappa shape index (κ3) is 3.97.